The molecule has 1 saturated carbocycles. The smallest absolute Gasteiger partial charge is 0.0674 e. The molecule has 14 heavy (non-hydrogen) atoms. The molecule has 0 bridgehead atoms. The number of hydrogen-bond acceptors (Lipinski definition) is 2. The molecule has 0 aliphatic heterocycles. The molecule has 0 amide bonds. The van der Waals surface area contributed by atoms with Gasteiger partial charge >= 0.3 is 0 Å². The molecule has 0 aromatic heterocycles. The van der Waals surface area contributed by atoms with Crippen LogP contribution >= 0.6 is 0 Å². The SMILES string of the molecule is CNCC(C)OC1CCC(C)(C)CC1. The number of rotatable bonds is 4. The summed E-state index contributed by atoms with van der Waals surface area (Å²) >= 11 is 0. The van der Waals surface area contributed by atoms with Crippen molar-refractivity contribution in [1.29, 1.82) is 0 Å². The second-order valence-corrected chi connectivity index (χ2v) is 5.37. The molecular weight excluding hydrogens is 174 g/mol. The van der Waals surface area contributed by atoms with E-state index in [9.17, 15) is 0 Å². The molecule has 2 nitrogen and oxygen atoms in total. The van der Waals surface area contributed by atoms with Gasteiger partial charge in [-0.05, 0) is 45.1 Å². The minimum Gasteiger partial charge on any atom is -0.374 e. The van der Waals surface area contributed by atoms with Gasteiger partial charge in [0, 0.05) is 6.54 Å². The van der Waals surface area contributed by atoms with E-state index in [1.807, 2.05) is 7.05 Å². The Hall–Kier alpha value is -0.0800. The molecule has 1 aliphatic carbocycles. The highest BCUT2D eigenvalue weighted by Crippen LogP contribution is 2.36. The van der Waals surface area contributed by atoms with Crippen molar-refractivity contribution in [3.8, 4) is 0 Å². The van der Waals surface area contributed by atoms with Crippen molar-refractivity contribution in [2.75, 3.05) is 13.6 Å². The molecular formula is C12H25NO. The average Bonchev–Trinajstić information content (AvgIpc) is 2.09. The van der Waals surface area contributed by atoms with Crippen LogP contribution < -0.4 is 5.32 Å². The van der Waals surface area contributed by atoms with Gasteiger partial charge in [-0.2, -0.15) is 0 Å². The van der Waals surface area contributed by atoms with Gasteiger partial charge in [-0.3, -0.25) is 0 Å². The van der Waals surface area contributed by atoms with Gasteiger partial charge < -0.3 is 10.1 Å². The molecule has 1 fully saturated rings. The maximum Gasteiger partial charge on any atom is 0.0674 e. The van der Waals surface area contributed by atoms with E-state index >= 15 is 0 Å². The predicted molar refractivity (Wildman–Crippen MR) is 60.5 cm³/mol. The first-order valence-corrected chi connectivity index (χ1v) is 5.83. The molecule has 84 valence electrons. The molecule has 2 heteroatoms. The molecule has 1 N–H and O–H groups in total. The Morgan fingerprint density at radius 3 is 2.43 bits per heavy atom. The predicted octanol–water partition coefficient (Wildman–Crippen LogP) is 2.58. The summed E-state index contributed by atoms with van der Waals surface area (Å²) in [6.45, 7) is 7.83. The quantitative estimate of drug-likeness (QED) is 0.751. The molecule has 0 saturated heterocycles. The maximum absolute atomic E-state index is 5.96. The summed E-state index contributed by atoms with van der Waals surface area (Å²) in [6.07, 6.45) is 5.95. The Balaban J connectivity index is 2.22. The summed E-state index contributed by atoms with van der Waals surface area (Å²) in [6, 6.07) is 0. The van der Waals surface area contributed by atoms with Crippen molar-refractivity contribution >= 4 is 0 Å². The van der Waals surface area contributed by atoms with Crippen LogP contribution in [0.3, 0.4) is 0 Å². The lowest BCUT2D eigenvalue weighted by atomic mass is 9.76. The second-order valence-electron chi connectivity index (χ2n) is 5.37. The van der Waals surface area contributed by atoms with Crippen molar-refractivity contribution in [2.24, 2.45) is 5.41 Å². The number of likely N-dealkylation sites (N-methyl/N-ethyl adjacent to an activating group) is 1. The zero-order valence-corrected chi connectivity index (χ0v) is 10.1. The van der Waals surface area contributed by atoms with Crippen LogP contribution in [0.5, 0.6) is 0 Å². The van der Waals surface area contributed by atoms with E-state index in [1.54, 1.807) is 0 Å². The Morgan fingerprint density at radius 2 is 1.93 bits per heavy atom. The molecule has 0 radical (unpaired) electrons. The first kappa shape index (κ1) is 12.0. The van der Waals surface area contributed by atoms with Crippen molar-refractivity contribution in [1.82, 2.24) is 5.32 Å². The lowest BCUT2D eigenvalue weighted by Crippen LogP contribution is -2.32. The molecule has 1 unspecified atom stereocenters. The Morgan fingerprint density at radius 1 is 1.36 bits per heavy atom. The summed E-state index contributed by atoms with van der Waals surface area (Å²) in [4.78, 5) is 0. The highest BCUT2D eigenvalue weighted by atomic mass is 16.5. The number of ether oxygens (including phenoxy) is 1. The highest BCUT2D eigenvalue weighted by Gasteiger charge is 2.27. The van der Waals surface area contributed by atoms with Gasteiger partial charge in [-0.25, -0.2) is 0 Å². The molecule has 0 aromatic rings. The topological polar surface area (TPSA) is 21.3 Å². The molecule has 1 rings (SSSR count). The van der Waals surface area contributed by atoms with Crippen LogP contribution in [-0.4, -0.2) is 25.8 Å². The minimum absolute atomic E-state index is 0.353. The monoisotopic (exact) mass is 199 g/mol. The van der Waals surface area contributed by atoms with Gasteiger partial charge in [0.15, 0.2) is 0 Å². The molecule has 0 aromatic carbocycles. The molecule has 1 aliphatic rings. The van der Waals surface area contributed by atoms with E-state index in [0.717, 1.165) is 6.54 Å². The fourth-order valence-corrected chi connectivity index (χ4v) is 2.17. The minimum atomic E-state index is 0.353. The summed E-state index contributed by atoms with van der Waals surface area (Å²) < 4.78 is 5.96. The third kappa shape index (κ3) is 3.97. The Bertz CT molecular complexity index is 158. The summed E-state index contributed by atoms with van der Waals surface area (Å²) in [5.41, 5.74) is 0.548. The zero-order chi connectivity index (χ0) is 10.6. The van der Waals surface area contributed by atoms with E-state index in [-0.39, 0.29) is 0 Å². The van der Waals surface area contributed by atoms with Crippen molar-refractivity contribution in [3.05, 3.63) is 0 Å². The standard InChI is InChI=1S/C12H25NO/c1-10(9-13-4)14-11-5-7-12(2,3)8-6-11/h10-11,13H,5-9H2,1-4H3. The molecule has 0 spiro atoms. The van der Waals surface area contributed by atoms with Crippen LogP contribution in [0.4, 0.5) is 0 Å². The van der Waals surface area contributed by atoms with Crippen molar-refractivity contribution in [2.45, 2.75) is 58.7 Å². The third-order valence-corrected chi connectivity index (χ3v) is 3.20. The molecule has 1 atom stereocenters. The van der Waals surface area contributed by atoms with Crippen LogP contribution in [0.15, 0.2) is 0 Å². The second kappa shape index (κ2) is 5.13. The maximum atomic E-state index is 5.96. The van der Waals surface area contributed by atoms with Crippen LogP contribution in [0, 0.1) is 5.41 Å². The van der Waals surface area contributed by atoms with Gasteiger partial charge in [0.05, 0.1) is 12.2 Å². The van der Waals surface area contributed by atoms with Crippen molar-refractivity contribution < 1.29 is 4.74 Å². The summed E-state index contributed by atoms with van der Waals surface area (Å²) in [7, 11) is 1.98. The summed E-state index contributed by atoms with van der Waals surface area (Å²) in [5, 5.41) is 3.15. The lowest BCUT2D eigenvalue weighted by Gasteiger charge is -2.35. The first-order valence-electron chi connectivity index (χ1n) is 5.83. The van der Waals surface area contributed by atoms with Crippen molar-refractivity contribution in [3.63, 3.8) is 0 Å². The highest BCUT2D eigenvalue weighted by molar-refractivity contribution is 4.79. The van der Waals surface area contributed by atoms with Crippen LogP contribution in [0.1, 0.15) is 46.5 Å². The zero-order valence-electron chi connectivity index (χ0n) is 10.1. The van der Waals surface area contributed by atoms with Crippen LogP contribution in [0.25, 0.3) is 0 Å². The fraction of sp³-hybridized carbons (Fsp3) is 1.00. The fourth-order valence-electron chi connectivity index (χ4n) is 2.17. The number of hydrogen-bond donors (Lipinski definition) is 1. The Kier molecular flexibility index (Phi) is 4.39. The van der Waals surface area contributed by atoms with E-state index in [2.05, 4.69) is 26.1 Å². The largest absolute Gasteiger partial charge is 0.374 e. The first-order chi connectivity index (χ1) is 6.53. The van der Waals surface area contributed by atoms with E-state index in [4.69, 9.17) is 4.74 Å². The average molecular weight is 199 g/mol. The number of nitrogens with one attached hydrogen (secondary N) is 1. The summed E-state index contributed by atoms with van der Waals surface area (Å²) in [5.74, 6) is 0. The van der Waals surface area contributed by atoms with Gasteiger partial charge in [0.2, 0.25) is 0 Å². The van der Waals surface area contributed by atoms with Crippen LogP contribution in [0.2, 0.25) is 0 Å². The van der Waals surface area contributed by atoms with E-state index < -0.39 is 0 Å². The van der Waals surface area contributed by atoms with Gasteiger partial charge in [-0.15, -0.1) is 0 Å². The Labute approximate surface area is 88.4 Å². The van der Waals surface area contributed by atoms with Gasteiger partial charge in [0.25, 0.3) is 0 Å². The lowest BCUT2D eigenvalue weighted by molar-refractivity contribution is -0.0358. The molecule has 0 heterocycles. The normalized spacial score (nSPS) is 24.9. The van der Waals surface area contributed by atoms with Crippen LogP contribution in [-0.2, 0) is 4.74 Å². The van der Waals surface area contributed by atoms with E-state index in [1.165, 1.54) is 25.7 Å². The third-order valence-electron chi connectivity index (χ3n) is 3.20. The van der Waals surface area contributed by atoms with Gasteiger partial charge in [0.1, 0.15) is 0 Å². The van der Waals surface area contributed by atoms with Gasteiger partial charge in [-0.1, -0.05) is 13.8 Å². The van der Waals surface area contributed by atoms with E-state index in [0.29, 0.717) is 17.6 Å².